The van der Waals surface area contributed by atoms with Gasteiger partial charge in [0.15, 0.2) is 0 Å². The lowest BCUT2D eigenvalue weighted by atomic mass is 9.98. The van der Waals surface area contributed by atoms with Crippen LogP contribution in [0.15, 0.2) is 18.2 Å². The quantitative estimate of drug-likeness (QED) is 0.924. The van der Waals surface area contributed by atoms with Gasteiger partial charge in [0.25, 0.3) is 0 Å². The normalized spacial score (nSPS) is 19.9. The van der Waals surface area contributed by atoms with Crippen LogP contribution >= 0.6 is 0 Å². The summed E-state index contributed by atoms with van der Waals surface area (Å²) >= 11 is 0. The van der Waals surface area contributed by atoms with Crippen LogP contribution < -0.4 is 10.1 Å². The Morgan fingerprint density at radius 1 is 1.08 bits per heavy atom. The lowest BCUT2D eigenvalue weighted by Gasteiger charge is -2.24. The van der Waals surface area contributed by atoms with Gasteiger partial charge < -0.3 is 10.1 Å². The maximum Gasteiger partial charge on any atom is 0.214 e. The van der Waals surface area contributed by atoms with Gasteiger partial charge in [0.2, 0.25) is 5.88 Å². The molecule has 1 saturated carbocycles. The molecule has 0 aromatic carbocycles. The SMILES string of the molecule is Cc1nnn(C2CCNCC2)c1-c1cccc(OC2CCCCC2)n1. The molecule has 1 saturated heterocycles. The first-order valence-electron chi connectivity index (χ1n) is 9.58. The number of nitrogens with zero attached hydrogens (tertiary/aromatic N) is 4. The Hall–Kier alpha value is -1.95. The summed E-state index contributed by atoms with van der Waals surface area (Å²) in [5.41, 5.74) is 2.87. The van der Waals surface area contributed by atoms with Gasteiger partial charge in [-0.3, -0.25) is 0 Å². The lowest BCUT2D eigenvalue weighted by molar-refractivity contribution is 0.149. The van der Waals surface area contributed by atoms with E-state index in [1.165, 1.54) is 19.3 Å². The van der Waals surface area contributed by atoms with Gasteiger partial charge in [-0.25, -0.2) is 9.67 Å². The van der Waals surface area contributed by atoms with E-state index in [2.05, 4.69) is 20.3 Å². The van der Waals surface area contributed by atoms with Crippen molar-refractivity contribution < 1.29 is 4.74 Å². The van der Waals surface area contributed by atoms with Gasteiger partial charge in [-0.15, -0.1) is 5.10 Å². The van der Waals surface area contributed by atoms with Crippen molar-refractivity contribution in [2.45, 2.75) is 64.0 Å². The molecule has 0 atom stereocenters. The van der Waals surface area contributed by atoms with Crippen molar-refractivity contribution in [1.82, 2.24) is 25.3 Å². The maximum absolute atomic E-state index is 6.15. The van der Waals surface area contributed by atoms with Gasteiger partial charge in [0.05, 0.1) is 17.4 Å². The standard InChI is InChI=1S/C19H27N5O/c1-14-19(24(23-22-14)15-10-12-20-13-11-15)17-8-5-9-18(21-17)25-16-6-3-2-4-7-16/h5,8-9,15-16,20H,2-4,6-7,10-13H2,1H3. The number of piperidine rings is 1. The van der Waals surface area contributed by atoms with Crippen LogP contribution in [0.2, 0.25) is 0 Å². The summed E-state index contributed by atoms with van der Waals surface area (Å²) in [6.07, 6.45) is 8.59. The van der Waals surface area contributed by atoms with Crippen molar-refractivity contribution in [2.24, 2.45) is 0 Å². The molecule has 134 valence electrons. The van der Waals surface area contributed by atoms with Gasteiger partial charge in [-0.1, -0.05) is 17.7 Å². The van der Waals surface area contributed by atoms with Gasteiger partial charge in [-0.05, 0) is 64.6 Å². The fourth-order valence-corrected chi connectivity index (χ4v) is 3.95. The first kappa shape index (κ1) is 16.5. The van der Waals surface area contributed by atoms with Gasteiger partial charge in [-0.2, -0.15) is 0 Å². The van der Waals surface area contributed by atoms with Crippen LogP contribution in [0.3, 0.4) is 0 Å². The smallest absolute Gasteiger partial charge is 0.214 e. The molecule has 4 rings (SSSR count). The topological polar surface area (TPSA) is 64.9 Å². The highest BCUT2D eigenvalue weighted by atomic mass is 16.5. The molecule has 0 amide bonds. The molecule has 1 N–H and O–H groups in total. The van der Waals surface area contributed by atoms with Crippen LogP contribution in [-0.4, -0.2) is 39.2 Å². The average molecular weight is 341 g/mol. The van der Waals surface area contributed by atoms with Crippen LogP contribution in [0, 0.1) is 6.92 Å². The van der Waals surface area contributed by atoms with E-state index in [0.717, 1.165) is 61.7 Å². The zero-order valence-electron chi connectivity index (χ0n) is 14.9. The van der Waals surface area contributed by atoms with Crippen molar-refractivity contribution >= 4 is 0 Å². The Morgan fingerprint density at radius 3 is 2.68 bits per heavy atom. The molecule has 6 heteroatoms. The van der Waals surface area contributed by atoms with Crippen LogP contribution in [0.1, 0.15) is 56.7 Å². The third-order valence-electron chi connectivity index (χ3n) is 5.32. The van der Waals surface area contributed by atoms with Gasteiger partial charge >= 0.3 is 0 Å². The first-order chi connectivity index (χ1) is 12.3. The molecule has 0 spiro atoms. The van der Waals surface area contributed by atoms with E-state index in [4.69, 9.17) is 9.72 Å². The molecule has 2 fully saturated rings. The molecule has 1 aliphatic heterocycles. The Morgan fingerprint density at radius 2 is 1.88 bits per heavy atom. The van der Waals surface area contributed by atoms with Crippen LogP contribution in [0.4, 0.5) is 0 Å². The second-order valence-electron chi connectivity index (χ2n) is 7.19. The minimum atomic E-state index is 0.310. The van der Waals surface area contributed by atoms with Gasteiger partial charge in [0, 0.05) is 6.07 Å². The predicted octanol–water partition coefficient (Wildman–Crippen LogP) is 3.28. The molecule has 2 aromatic rings. The fraction of sp³-hybridized carbons (Fsp3) is 0.632. The number of pyridine rings is 1. The highest BCUT2D eigenvalue weighted by Crippen LogP contribution is 2.29. The highest BCUT2D eigenvalue weighted by molar-refractivity contribution is 5.57. The minimum absolute atomic E-state index is 0.310. The number of rotatable bonds is 4. The van der Waals surface area contributed by atoms with Crippen molar-refractivity contribution in [3.8, 4) is 17.3 Å². The van der Waals surface area contributed by atoms with Crippen LogP contribution in [0.5, 0.6) is 5.88 Å². The number of aromatic nitrogens is 4. The number of ether oxygens (including phenoxy) is 1. The predicted molar refractivity (Wildman–Crippen MR) is 96.6 cm³/mol. The van der Waals surface area contributed by atoms with Crippen molar-refractivity contribution in [2.75, 3.05) is 13.1 Å². The van der Waals surface area contributed by atoms with E-state index >= 15 is 0 Å². The van der Waals surface area contributed by atoms with E-state index in [-0.39, 0.29) is 0 Å². The molecule has 2 aliphatic rings. The Balaban J connectivity index is 1.59. The molecule has 0 radical (unpaired) electrons. The Bertz CT molecular complexity index is 702. The molecular formula is C19H27N5O. The van der Waals surface area contributed by atoms with E-state index < -0.39 is 0 Å². The van der Waals surface area contributed by atoms with Crippen molar-refractivity contribution in [3.63, 3.8) is 0 Å². The molecule has 25 heavy (non-hydrogen) atoms. The molecule has 2 aromatic heterocycles. The second-order valence-corrected chi connectivity index (χ2v) is 7.19. The lowest BCUT2D eigenvalue weighted by Crippen LogP contribution is -2.30. The summed E-state index contributed by atoms with van der Waals surface area (Å²) in [6, 6.07) is 6.42. The average Bonchev–Trinajstić information content (AvgIpc) is 3.05. The minimum Gasteiger partial charge on any atom is -0.474 e. The van der Waals surface area contributed by atoms with Crippen LogP contribution in [-0.2, 0) is 0 Å². The Labute approximate surface area is 149 Å². The Kier molecular flexibility index (Phi) is 4.97. The zero-order valence-corrected chi connectivity index (χ0v) is 14.9. The van der Waals surface area contributed by atoms with Gasteiger partial charge in [0.1, 0.15) is 11.8 Å². The molecular weight excluding hydrogens is 314 g/mol. The van der Waals surface area contributed by atoms with E-state index in [1.807, 2.05) is 25.1 Å². The largest absolute Gasteiger partial charge is 0.474 e. The summed E-state index contributed by atoms with van der Waals surface area (Å²) in [5.74, 6) is 0.724. The second kappa shape index (κ2) is 7.52. The summed E-state index contributed by atoms with van der Waals surface area (Å²) in [7, 11) is 0. The molecule has 0 unspecified atom stereocenters. The summed E-state index contributed by atoms with van der Waals surface area (Å²) in [5, 5.41) is 12.2. The number of hydrogen-bond donors (Lipinski definition) is 1. The third-order valence-corrected chi connectivity index (χ3v) is 5.32. The number of hydrogen-bond acceptors (Lipinski definition) is 5. The van der Waals surface area contributed by atoms with E-state index in [9.17, 15) is 0 Å². The van der Waals surface area contributed by atoms with Crippen LogP contribution in [0.25, 0.3) is 11.4 Å². The third kappa shape index (κ3) is 3.68. The molecule has 3 heterocycles. The summed E-state index contributed by atoms with van der Waals surface area (Å²) in [4.78, 5) is 4.79. The molecule has 6 nitrogen and oxygen atoms in total. The zero-order chi connectivity index (χ0) is 17.1. The monoisotopic (exact) mass is 341 g/mol. The number of nitrogens with one attached hydrogen (secondary N) is 1. The summed E-state index contributed by atoms with van der Waals surface area (Å²) < 4.78 is 8.22. The highest BCUT2D eigenvalue weighted by Gasteiger charge is 2.23. The molecule has 0 bridgehead atoms. The molecule has 1 aliphatic carbocycles. The van der Waals surface area contributed by atoms with Crippen molar-refractivity contribution in [3.05, 3.63) is 23.9 Å². The maximum atomic E-state index is 6.15. The number of aryl methyl sites for hydroxylation is 1. The van der Waals surface area contributed by atoms with E-state index in [0.29, 0.717) is 12.1 Å². The summed E-state index contributed by atoms with van der Waals surface area (Å²) in [6.45, 7) is 4.07. The van der Waals surface area contributed by atoms with Crippen molar-refractivity contribution in [1.29, 1.82) is 0 Å². The van der Waals surface area contributed by atoms with E-state index in [1.54, 1.807) is 0 Å². The first-order valence-corrected chi connectivity index (χ1v) is 9.58. The fourth-order valence-electron chi connectivity index (χ4n) is 3.95.